The number of benzene rings is 1. The van der Waals surface area contributed by atoms with E-state index in [0.29, 0.717) is 34.9 Å². The third kappa shape index (κ3) is 3.78. The molecular weight excluding hydrogens is 382 g/mol. The Balaban J connectivity index is 1.60. The maximum atomic E-state index is 5.77. The van der Waals surface area contributed by atoms with Gasteiger partial charge in [-0.25, -0.2) is 4.68 Å². The quantitative estimate of drug-likeness (QED) is 0.554. The van der Waals surface area contributed by atoms with Crippen molar-refractivity contribution in [1.82, 2.24) is 14.7 Å². The van der Waals surface area contributed by atoms with Crippen LogP contribution in [0.3, 0.4) is 0 Å². The minimum atomic E-state index is 0.364. The van der Waals surface area contributed by atoms with E-state index in [4.69, 9.17) is 26.1 Å². The lowest BCUT2D eigenvalue weighted by atomic mass is 10.2. The number of hydrogen-bond acceptors (Lipinski definition) is 7. The van der Waals surface area contributed by atoms with Crippen LogP contribution in [0.15, 0.2) is 40.1 Å². The zero-order valence-electron chi connectivity index (χ0n) is 15.3. The van der Waals surface area contributed by atoms with Gasteiger partial charge in [0, 0.05) is 29.1 Å². The van der Waals surface area contributed by atoms with Crippen molar-refractivity contribution in [3.05, 3.63) is 45.4 Å². The van der Waals surface area contributed by atoms with Crippen molar-refractivity contribution in [3.8, 4) is 23.0 Å². The number of rotatable bonds is 6. The molecule has 0 bridgehead atoms. The molecule has 1 saturated heterocycles. The van der Waals surface area contributed by atoms with E-state index >= 15 is 0 Å². The Morgan fingerprint density at radius 1 is 1.26 bits per heavy atom. The molecule has 1 fully saturated rings. The van der Waals surface area contributed by atoms with E-state index in [1.54, 1.807) is 30.2 Å². The molecule has 0 N–H and O–H groups in total. The van der Waals surface area contributed by atoms with Crippen LogP contribution in [-0.2, 0) is 6.67 Å². The van der Waals surface area contributed by atoms with Crippen molar-refractivity contribution in [1.29, 1.82) is 0 Å². The first-order chi connectivity index (χ1) is 13.2. The van der Waals surface area contributed by atoms with Gasteiger partial charge in [0.05, 0.1) is 20.9 Å². The number of likely N-dealkylation sites (tertiary alicyclic amines) is 1. The molecule has 1 aliphatic heterocycles. The summed E-state index contributed by atoms with van der Waals surface area (Å²) in [4.78, 5) is 4.16. The number of aromatic nitrogens is 2. The molecular formula is C19H21N3O3S2. The second-order valence-corrected chi connectivity index (χ2v) is 7.73. The molecule has 8 heteroatoms. The molecule has 2 aromatic heterocycles. The Morgan fingerprint density at radius 2 is 2.04 bits per heavy atom. The maximum Gasteiger partial charge on any atom is 0.288 e. The highest BCUT2D eigenvalue weighted by atomic mass is 32.1. The molecule has 3 heterocycles. The van der Waals surface area contributed by atoms with Crippen molar-refractivity contribution in [3.63, 3.8) is 0 Å². The van der Waals surface area contributed by atoms with Gasteiger partial charge < -0.3 is 13.9 Å². The van der Waals surface area contributed by atoms with Crippen molar-refractivity contribution >= 4 is 23.6 Å². The summed E-state index contributed by atoms with van der Waals surface area (Å²) in [7, 11) is 3.23. The van der Waals surface area contributed by atoms with Crippen LogP contribution < -0.4 is 9.47 Å². The number of ether oxygens (including phenoxy) is 2. The molecule has 1 aromatic carbocycles. The van der Waals surface area contributed by atoms with Crippen molar-refractivity contribution < 1.29 is 13.9 Å². The number of thiophene rings is 1. The Kier molecular flexibility index (Phi) is 5.29. The van der Waals surface area contributed by atoms with Crippen molar-refractivity contribution in [2.45, 2.75) is 25.6 Å². The second-order valence-electron chi connectivity index (χ2n) is 6.40. The van der Waals surface area contributed by atoms with E-state index in [2.05, 4.69) is 27.5 Å². The van der Waals surface area contributed by atoms with E-state index in [9.17, 15) is 0 Å². The van der Waals surface area contributed by atoms with Crippen molar-refractivity contribution in [2.75, 3.05) is 20.8 Å². The standard InChI is InChI=1S/C19H21N3O3S2/c1-23-14-9-13(10-15(11-14)24-2)18-20-22(19(26)25-18)12-21-7-3-5-16(21)17-6-4-8-27-17/h4,6,8-11,16H,3,5,7,12H2,1-2H3/t16-/m0/s1. The molecule has 0 saturated carbocycles. The van der Waals surface area contributed by atoms with Gasteiger partial charge in [0.15, 0.2) is 0 Å². The fourth-order valence-corrected chi connectivity index (χ4v) is 4.49. The molecule has 4 rings (SSSR count). The Bertz CT molecular complexity index is 943. The normalized spacial score (nSPS) is 17.3. The summed E-state index contributed by atoms with van der Waals surface area (Å²) >= 11 is 7.22. The third-order valence-corrected chi connectivity index (χ3v) is 6.02. The third-order valence-electron chi connectivity index (χ3n) is 4.76. The minimum Gasteiger partial charge on any atom is -0.497 e. The van der Waals surface area contributed by atoms with Gasteiger partial charge in [-0.3, -0.25) is 4.90 Å². The van der Waals surface area contributed by atoms with Crippen LogP contribution in [-0.4, -0.2) is 35.4 Å². The van der Waals surface area contributed by atoms with Crippen LogP contribution in [0.1, 0.15) is 23.8 Å². The summed E-state index contributed by atoms with van der Waals surface area (Å²) in [5.41, 5.74) is 0.771. The zero-order valence-corrected chi connectivity index (χ0v) is 16.9. The lowest BCUT2D eigenvalue weighted by molar-refractivity contribution is 0.190. The van der Waals surface area contributed by atoms with E-state index in [-0.39, 0.29) is 0 Å². The molecule has 1 atom stereocenters. The van der Waals surface area contributed by atoms with Gasteiger partial charge in [0.25, 0.3) is 4.84 Å². The fourth-order valence-electron chi connectivity index (χ4n) is 3.41. The molecule has 27 heavy (non-hydrogen) atoms. The topological polar surface area (TPSA) is 52.7 Å². The van der Waals surface area contributed by atoms with Gasteiger partial charge in [-0.2, -0.15) is 0 Å². The van der Waals surface area contributed by atoms with E-state index in [1.807, 2.05) is 18.2 Å². The predicted molar refractivity (Wildman–Crippen MR) is 107 cm³/mol. The summed E-state index contributed by atoms with van der Waals surface area (Å²) < 4.78 is 18.2. The van der Waals surface area contributed by atoms with Gasteiger partial charge >= 0.3 is 0 Å². The molecule has 0 spiro atoms. The van der Waals surface area contributed by atoms with Gasteiger partial charge in [0.1, 0.15) is 11.5 Å². The SMILES string of the molecule is COc1cc(OC)cc(-c2nn(CN3CCC[C@H]3c3cccs3)c(=S)o2)c1. The fraction of sp³-hybridized carbons (Fsp3) is 0.368. The minimum absolute atomic E-state index is 0.364. The molecule has 0 amide bonds. The predicted octanol–water partition coefficient (Wildman–Crippen LogP) is 4.75. The van der Waals surface area contributed by atoms with E-state index in [0.717, 1.165) is 18.5 Å². The lowest BCUT2D eigenvalue weighted by Gasteiger charge is -2.22. The number of nitrogens with zero attached hydrogens (tertiary/aromatic N) is 3. The maximum absolute atomic E-state index is 5.77. The summed E-state index contributed by atoms with van der Waals surface area (Å²) in [6.45, 7) is 1.64. The first-order valence-corrected chi connectivity index (χ1v) is 10.1. The Morgan fingerprint density at radius 3 is 2.70 bits per heavy atom. The average Bonchev–Trinajstić information content (AvgIpc) is 3.43. The molecule has 3 aromatic rings. The highest BCUT2D eigenvalue weighted by Crippen LogP contribution is 2.35. The summed E-state index contributed by atoms with van der Waals surface area (Å²) in [6, 6.07) is 10.3. The van der Waals surface area contributed by atoms with E-state index < -0.39 is 0 Å². The highest BCUT2D eigenvalue weighted by Gasteiger charge is 2.27. The first kappa shape index (κ1) is 18.2. The molecule has 0 radical (unpaired) electrons. The molecule has 0 aliphatic carbocycles. The van der Waals surface area contributed by atoms with Gasteiger partial charge in [-0.15, -0.1) is 16.4 Å². The smallest absolute Gasteiger partial charge is 0.288 e. The van der Waals surface area contributed by atoms with Crippen LogP contribution in [0.5, 0.6) is 11.5 Å². The van der Waals surface area contributed by atoms with Crippen molar-refractivity contribution in [2.24, 2.45) is 0 Å². The van der Waals surface area contributed by atoms with Gasteiger partial charge in [-0.05, 0) is 48.6 Å². The highest BCUT2D eigenvalue weighted by molar-refractivity contribution is 7.71. The summed E-state index contributed by atoms with van der Waals surface area (Å²) in [5, 5.41) is 6.73. The zero-order chi connectivity index (χ0) is 18.8. The first-order valence-electron chi connectivity index (χ1n) is 8.77. The van der Waals surface area contributed by atoms with Crippen LogP contribution in [0.4, 0.5) is 0 Å². The van der Waals surface area contributed by atoms with E-state index in [1.165, 1.54) is 11.3 Å². The van der Waals surface area contributed by atoms with Crippen LogP contribution in [0.2, 0.25) is 0 Å². The monoisotopic (exact) mass is 403 g/mol. The molecule has 142 valence electrons. The van der Waals surface area contributed by atoms with Crippen LogP contribution in [0, 0.1) is 4.84 Å². The van der Waals surface area contributed by atoms with Crippen LogP contribution in [0.25, 0.3) is 11.5 Å². The molecule has 6 nitrogen and oxygen atoms in total. The summed E-state index contributed by atoms with van der Waals surface area (Å²) in [5.74, 6) is 1.82. The Labute approximate surface area is 166 Å². The average molecular weight is 404 g/mol. The lowest BCUT2D eigenvalue weighted by Crippen LogP contribution is -2.26. The second kappa shape index (κ2) is 7.84. The van der Waals surface area contributed by atoms with Crippen LogP contribution >= 0.6 is 23.6 Å². The largest absolute Gasteiger partial charge is 0.497 e. The number of hydrogen-bond donors (Lipinski definition) is 0. The van der Waals surface area contributed by atoms with Gasteiger partial charge in [0.2, 0.25) is 5.89 Å². The molecule has 0 unspecified atom stereocenters. The van der Waals surface area contributed by atoms with Gasteiger partial charge in [-0.1, -0.05) is 6.07 Å². The Hall–Kier alpha value is -2.16. The summed E-state index contributed by atoms with van der Waals surface area (Å²) in [6.07, 6.45) is 2.33. The molecule has 1 aliphatic rings. The number of methoxy groups -OCH3 is 2.